The Morgan fingerprint density at radius 3 is 2.30 bits per heavy atom. The van der Waals surface area contributed by atoms with Crippen LogP contribution in [0.1, 0.15) is 33.1 Å². The summed E-state index contributed by atoms with van der Waals surface area (Å²) in [5.74, 6) is -5.16. The van der Waals surface area contributed by atoms with Crippen molar-refractivity contribution in [2.75, 3.05) is 25.0 Å². The van der Waals surface area contributed by atoms with Crippen molar-refractivity contribution < 1.29 is 22.8 Å². The number of amides is 2. The maximum absolute atomic E-state index is 13.8. The lowest BCUT2D eigenvalue weighted by Crippen LogP contribution is -2.35. The fraction of sp³-hybridized carbons (Fsp3) is 0.500. The number of nitrogens with zero attached hydrogens (tertiary/aromatic N) is 2. The molecule has 0 saturated heterocycles. The van der Waals surface area contributed by atoms with E-state index >= 15 is 0 Å². The first-order chi connectivity index (χ1) is 10.8. The molecular weight excluding hydrogens is 309 g/mol. The van der Waals surface area contributed by atoms with Gasteiger partial charge in [0.05, 0.1) is 5.69 Å². The molecule has 0 spiro atoms. The number of anilines is 1. The zero-order valence-corrected chi connectivity index (χ0v) is 13.5. The summed E-state index contributed by atoms with van der Waals surface area (Å²) in [5, 5.41) is 0. The second kappa shape index (κ2) is 8.55. The van der Waals surface area contributed by atoms with E-state index in [4.69, 9.17) is 0 Å². The van der Waals surface area contributed by atoms with Crippen LogP contribution in [0.5, 0.6) is 0 Å². The van der Waals surface area contributed by atoms with Crippen molar-refractivity contribution in [3.63, 3.8) is 0 Å². The molecule has 2 amide bonds. The Bertz CT molecular complexity index is 579. The van der Waals surface area contributed by atoms with Crippen LogP contribution < -0.4 is 4.90 Å². The summed E-state index contributed by atoms with van der Waals surface area (Å²) >= 11 is 0. The van der Waals surface area contributed by atoms with Gasteiger partial charge in [-0.05, 0) is 18.6 Å². The summed E-state index contributed by atoms with van der Waals surface area (Å²) in [7, 11) is 1.65. The van der Waals surface area contributed by atoms with Crippen LogP contribution in [-0.4, -0.2) is 36.9 Å². The quantitative estimate of drug-likeness (QED) is 0.721. The second-order valence-electron chi connectivity index (χ2n) is 5.28. The van der Waals surface area contributed by atoms with Gasteiger partial charge in [0.25, 0.3) is 0 Å². The predicted octanol–water partition coefficient (Wildman–Crippen LogP) is 3.11. The summed E-state index contributed by atoms with van der Waals surface area (Å²) in [6, 6.07) is 1.74. The fourth-order valence-corrected chi connectivity index (χ4v) is 2.09. The summed E-state index contributed by atoms with van der Waals surface area (Å²) in [5.41, 5.74) is -0.375. The van der Waals surface area contributed by atoms with E-state index < -0.39 is 23.4 Å². The molecule has 4 nitrogen and oxygen atoms in total. The highest BCUT2D eigenvalue weighted by Gasteiger charge is 2.22. The van der Waals surface area contributed by atoms with Gasteiger partial charge < -0.3 is 9.80 Å². The number of rotatable bonds is 7. The summed E-state index contributed by atoms with van der Waals surface area (Å²) in [4.78, 5) is 26.1. The van der Waals surface area contributed by atoms with Gasteiger partial charge >= 0.3 is 0 Å². The maximum atomic E-state index is 13.8. The van der Waals surface area contributed by atoms with Crippen LogP contribution in [0.4, 0.5) is 18.9 Å². The molecule has 0 bridgehead atoms. The third kappa shape index (κ3) is 4.97. The minimum absolute atomic E-state index is 0.0295. The molecule has 0 fully saturated rings. The molecule has 1 rings (SSSR count). The van der Waals surface area contributed by atoms with Crippen molar-refractivity contribution in [3.8, 4) is 0 Å². The van der Waals surface area contributed by atoms with Gasteiger partial charge in [0.2, 0.25) is 11.8 Å². The first-order valence-electron chi connectivity index (χ1n) is 7.45. The van der Waals surface area contributed by atoms with Crippen LogP contribution in [0.2, 0.25) is 0 Å². The van der Waals surface area contributed by atoms with Gasteiger partial charge in [0.15, 0.2) is 17.5 Å². The maximum Gasteiger partial charge on any atom is 0.224 e. The predicted molar refractivity (Wildman–Crippen MR) is 81.5 cm³/mol. The summed E-state index contributed by atoms with van der Waals surface area (Å²) in [6.45, 7) is 3.66. The minimum atomic E-state index is -1.64. The average Bonchev–Trinajstić information content (AvgIpc) is 2.51. The number of hydrogen-bond acceptors (Lipinski definition) is 2. The van der Waals surface area contributed by atoms with Crippen LogP contribution in [-0.2, 0) is 9.59 Å². The Labute approximate surface area is 133 Å². The third-order valence-electron chi connectivity index (χ3n) is 3.51. The lowest BCUT2D eigenvalue weighted by atomic mass is 10.2. The number of unbranched alkanes of at least 4 members (excludes halogenated alkanes) is 1. The SMILES string of the molecule is CCCCN(C)C(=O)CCN(C(C)=O)c1ccc(F)c(F)c1F. The van der Waals surface area contributed by atoms with E-state index in [9.17, 15) is 22.8 Å². The molecule has 7 heteroatoms. The molecular formula is C16H21F3N2O2. The van der Waals surface area contributed by atoms with Crippen molar-refractivity contribution in [1.82, 2.24) is 4.90 Å². The lowest BCUT2D eigenvalue weighted by Gasteiger charge is -2.23. The van der Waals surface area contributed by atoms with E-state index in [1.807, 2.05) is 6.92 Å². The molecule has 0 radical (unpaired) electrons. The van der Waals surface area contributed by atoms with Crippen LogP contribution in [0, 0.1) is 17.5 Å². The molecule has 0 saturated carbocycles. The fourth-order valence-electron chi connectivity index (χ4n) is 2.09. The lowest BCUT2D eigenvalue weighted by molar-refractivity contribution is -0.129. The third-order valence-corrected chi connectivity index (χ3v) is 3.51. The molecule has 0 aromatic heterocycles. The largest absolute Gasteiger partial charge is 0.346 e. The van der Waals surface area contributed by atoms with E-state index in [1.165, 1.54) is 11.8 Å². The molecule has 1 aromatic rings. The monoisotopic (exact) mass is 330 g/mol. The molecule has 0 aliphatic carbocycles. The number of benzene rings is 1. The van der Waals surface area contributed by atoms with E-state index in [-0.39, 0.29) is 24.6 Å². The summed E-state index contributed by atoms with van der Waals surface area (Å²) in [6.07, 6.45) is 1.77. The van der Waals surface area contributed by atoms with Crippen molar-refractivity contribution in [3.05, 3.63) is 29.6 Å². The molecule has 0 aliphatic heterocycles. The van der Waals surface area contributed by atoms with Gasteiger partial charge in [-0.1, -0.05) is 13.3 Å². The molecule has 0 unspecified atom stereocenters. The van der Waals surface area contributed by atoms with Crippen molar-refractivity contribution in [1.29, 1.82) is 0 Å². The van der Waals surface area contributed by atoms with Crippen LogP contribution >= 0.6 is 0 Å². The van der Waals surface area contributed by atoms with Crippen molar-refractivity contribution in [2.45, 2.75) is 33.1 Å². The molecule has 0 N–H and O–H groups in total. The minimum Gasteiger partial charge on any atom is -0.346 e. The topological polar surface area (TPSA) is 40.6 Å². The number of carbonyl (C=O) groups excluding carboxylic acids is 2. The Hall–Kier alpha value is -2.05. The molecule has 0 aliphatic rings. The zero-order valence-electron chi connectivity index (χ0n) is 13.5. The number of halogens is 3. The molecule has 0 atom stereocenters. The van der Waals surface area contributed by atoms with Gasteiger partial charge in [-0.15, -0.1) is 0 Å². The standard InChI is InChI=1S/C16H21F3N2O2/c1-4-5-9-20(3)14(23)8-10-21(11(2)22)13-7-6-12(17)15(18)16(13)19/h6-7H,4-5,8-10H2,1-3H3. The van der Waals surface area contributed by atoms with Crippen LogP contribution in [0.3, 0.4) is 0 Å². The van der Waals surface area contributed by atoms with Gasteiger partial charge in [-0.2, -0.15) is 0 Å². The van der Waals surface area contributed by atoms with Gasteiger partial charge in [0, 0.05) is 33.5 Å². The Kier molecular flexibility index (Phi) is 7.06. The van der Waals surface area contributed by atoms with Gasteiger partial charge in [-0.3, -0.25) is 9.59 Å². The zero-order chi connectivity index (χ0) is 17.6. The first-order valence-corrected chi connectivity index (χ1v) is 7.45. The van der Waals surface area contributed by atoms with Crippen LogP contribution in [0.15, 0.2) is 12.1 Å². The number of hydrogen-bond donors (Lipinski definition) is 0. The van der Waals surface area contributed by atoms with E-state index in [2.05, 4.69) is 0 Å². The highest BCUT2D eigenvalue weighted by molar-refractivity contribution is 5.92. The first kappa shape index (κ1) is 19.0. The average molecular weight is 330 g/mol. The van der Waals surface area contributed by atoms with Gasteiger partial charge in [-0.25, -0.2) is 13.2 Å². The highest BCUT2D eigenvalue weighted by Crippen LogP contribution is 2.24. The Balaban J connectivity index is 2.83. The van der Waals surface area contributed by atoms with E-state index in [0.29, 0.717) is 6.54 Å². The summed E-state index contributed by atoms with van der Waals surface area (Å²) < 4.78 is 40.1. The van der Waals surface area contributed by atoms with Gasteiger partial charge in [0.1, 0.15) is 0 Å². The van der Waals surface area contributed by atoms with E-state index in [0.717, 1.165) is 29.9 Å². The smallest absolute Gasteiger partial charge is 0.224 e. The molecule has 1 aromatic carbocycles. The molecule has 128 valence electrons. The molecule has 0 heterocycles. The van der Waals surface area contributed by atoms with E-state index in [1.54, 1.807) is 7.05 Å². The molecule has 23 heavy (non-hydrogen) atoms. The van der Waals surface area contributed by atoms with Crippen molar-refractivity contribution >= 4 is 17.5 Å². The normalized spacial score (nSPS) is 10.5. The second-order valence-corrected chi connectivity index (χ2v) is 5.28. The van der Waals surface area contributed by atoms with Crippen molar-refractivity contribution in [2.24, 2.45) is 0 Å². The Morgan fingerprint density at radius 2 is 1.74 bits per heavy atom. The Morgan fingerprint density at radius 1 is 1.09 bits per heavy atom. The number of carbonyl (C=O) groups is 2. The van der Waals surface area contributed by atoms with Crippen LogP contribution in [0.25, 0.3) is 0 Å². The highest BCUT2D eigenvalue weighted by atomic mass is 19.2.